The number of nitrogens with one attached hydrogen (secondary N) is 1. The average molecular weight is 382 g/mol. The molecular formula is C20H31NO4S. The Morgan fingerprint density at radius 3 is 2.69 bits per heavy atom. The van der Waals surface area contributed by atoms with E-state index < -0.39 is 23.4 Å². The van der Waals surface area contributed by atoms with Crippen molar-refractivity contribution < 1.29 is 19.7 Å². The molecule has 146 valence electrons. The minimum Gasteiger partial charge on any atom is -0.444 e. The third kappa shape index (κ3) is 7.17. The van der Waals surface area contributed by atoms with E-state index in [0.29, 0.717) is 18.7 Å². The van der Waals surface area contributed by atoms with Gasteiger partial charge in [0.15, 0.2) is 0 Å². The third-order valence-electron chi connectivity index (χ3n) is 4.37. The van der Waals surface area contributed by atoms with Crippen LogP contribution in [0.4, 0.5) is 4.79 Å². The Hall–Kier alpha value is -1.24. The largest absolute Gasteiger partial charge is 0.444 e. The first-order chi connectivity index (χ1) is 12.2. The number of alkyl carbamates (subject to hydrolysis) is 1. The second-order valence-corrected chi connectivity index (χ2v) is 9.07. The van der Waals surface area contributed by atoms with Crippen molar-refractivity contribution >= 4 is 17.9 Å². The maximum atomic E-state index is 11.6. The van der Waals surface area contributed by atoms with Gasteiger partial charge in [0.1, 0.15) is 5.60 Å². The molecule has 26 heavy (non-hydrogen) atoms. The number of benzene rings is 1. The zero-order valence-corrected chi connectivity index (χ0v) is 16.8. The molecular weight excluding hydrogens is 350 g/mol. The lowest BCUT2D eigenvalue weighted by Crippen LogP contribution is -2.33. The van der Waals surface area contributed by atoms with Crippen LogP contribution in [0.5, 0.6) is 0 Å². The molecule has 1 fully saturated rings. The lowest BCUT2D eigenvalue weighted by Gasteiger charge is -2.21. The van der Waals surface area contributed by atoms with Crippen LogP contribution in [0.1, 0.15) is 64.5 Å². The summed E-state index contributed by atoms with van der Waals surface area (Å²) < 4.78 is 5.18. The maximum Gasteiger partial charge on any atom is 0.407 e. The van der Waals surface area contributed by atoms with Crippen LogP contribution in [-0.2, 0) is 4.74 Å². The van der Waals surface area contributed by atoms with Crippen LogP contribution in [0.25, 0.3) is 0 Å². The Labute approximate surface area is 160 Å². The third-order valence-corrected chi connectivity index (χ3v) is 5.64. The number of aliphatic hydroxyl groups is 2. The Bertz CT molecular complexity index is 594. The van der Waals surface area contributed by atoms with Gasteiger partial charge >= 0.3 is 6.09 Å². The SMILES string of the molecule is CC(C)(C)OC(=O)NCCC(O)c1cccc(SCC2(O)CCCC2)c1. The molecule has 1 aliphatic carbocycles. The number of ether oxygens (including phenoxy) is 1. The highest BCUT2D eigenvalue weighted by atomic mass is 32.2. The van der Waals surface area contributed by atoms with Crippen LogP contribution in [0, 0.1) is 0 Å². The van der Waals surface area contributed by atoms with Crippen molar-refractivity contribution in [3.8, 4) is 0 Å². The van der Waals surface area contributed by atoms with Gasteiger partial charge < -0.3 is 20.3 Å². The highest BCUT2D eigenvalue weighted by Gasteiger charge is 2.30. The van der Waals surface area contributed by atoms with Crippen molar-refractivity contribution in [2.24, 2.45) is 0 Å². The summed E-state index contributed by atoms with van der Waals surface area (Å²) in [6.45, 7) is 5.78. The molecule has 5 nitrogen and oxygen atoms in total. The molecule has 1 aromatic rings. The van der Waals surface area contributed by atoms with Crippen molar-refractivity contribution in [2.45, 2.75) is 75.1 Å². The molecule has 1 saturated carbocycles. The van der Waals surface area contributed by atoms with Crippen molar-refractivity contribution in [3.05, 3.63) is 29.8 Å². The van der Waals surface area contributed by atoms with E-state index in [1.165, 1.54) is 0 Å². The second-order valence-electron chi connectivity index (χ2n) is 8.03. The van der Waals surface area contributed by atoms with E-state index in [1.54, 1.807) is 11.8 Å². The fourth-order valence-electron chi connectivity index (χ4n) is 3.00. The van der Waals surface area contributed by atoms with Crippen molar-refractivity contribution in [1.82, 2.24) is 5.32 Å². The number of carbonyl (C=O) groups excluding carboxylic acids is 1. The molecule has 1 atom stereocenters. The van der Waals surface area contributed by atoms with E-state index in [1.807, 2.05) is 45.0 Å². The van der Waals surface area contributed by atoms with Crippen LogP contribution in [0.15, 0.2) is 29.2 Å². The zero-order valence-electron chi connectivity index (χ0n) is 16.0. The van der Waals surface area contributed by atoms with Gasteiger partial charge in [-0.3, -0.25) is 0 Å². The summed E-state index contributed by atoms with van der Waals surface area (Å²) in [5.74, 6) is 0.687. The van der Waals surface area contributed by atoms with Crippen LogP contribution in [0.3, 0.4) is 0 Å². The van der Waals surface area contributed by atoms with Crippen LogP contribution in [-0.4, -0.2) is 39.8 Å². The molecule has 1 unspecified atom stereocenters. The van der Waals surface area contributed by atoms with Gasteiger partial charge in [-0.2, -0.15) is 0 Å². The zero-order chi connectivity index (χ0) is 19.2. The monoisotopic (exact) mass is 381 g/mol. The van der Waals surface area contributed by atoms with Gasteiger partial charge in [0.2, 0.25) is 0 Å². The molecule has 0 radical (unpaired) electrons. The van der Waals surface area contributed by atoms with Crippen LogP contribution < -0.4 is 5.32 Å². The Morgan fingerprint density at radius 1 is 1.35 bits per heavy atom. The number of aliphatic hydroxyl groups excluding tert-OH is 1. The topological polar surface area (TPSA) is 78.8 Å². The Morgan fingerprint density at radius 2 is 2.04 bits per heavy atom. The number of rotatable bonds is 7. The molecule has 1 aliphatic rings. The van der Waals surface area contributed by atoms with Crippen LogP contribution in [0.2, 0.25) is 0 Å². The highest BCUT2D eigenvalue weighted by molar-refractivity contribution is 7.99. The predicted molar refractivity (Wildman–Crippen MR) is 104 cm³/mol. The van der Waals surface area contributed by atoms with E-state index in [9.17, 15) is 15.0 Å². The first kappa shape index (κ1) is 21.1. The minimum atomic E-state index is -0.653. The molecule has 2 rings (SSSR count). The van der Waals surface area contributed by atoms with Gasteiger partial charge in [-0.15, -0.1) is 11.8 Å². The summed E-state index contributed by atoms with van der Waals surface area (Å²) >= 11 is 1.63. The quantitative estimate of drug-likeness (QED) is 0.622. The van der Waals surface area contributed by atoms with E-state index in [-0.39, 0.29) is 0 Å². The first-order valence-electron chi connectivity index (χ1n) is 9.27. The smallest absolute Gasteiger partial charge is 0.407 e. The Kier molecular flexibility index (Phi) is 7.38. The molecule has 0 bridgehead atoms. The predicted octanol–water partition coefficient (Wildman–Crippen LogP) is 4.03. The van der Waals surface area contributed by atoms with Crippen molar-refractivity contribution in [3.63, 3.8) is 0 Å². The molecule has 0 aliphatic heterocycles. The molecule has 6 heteroatoms. The summed E-state index contributed by atoms with van der Waals surface area (Å²) in [5, 5.41) is 23.5. The van der Waals surface area contributed by atoms with Gasteiger partial charge in [0.25, 0.3) is 0 Å². The Balaban J connectivity index is 1.79. The lowest BCUT2D eigenvalue weighted by molar-refractivity contribution is 0.0518. The summed E-state index contributed by atoms with van der Waals surface area (Å²) in [6, 6.07) is 7.76. The molecule has 0 saturated heterocycles. The van der Waals surface area contributed by atoms with Crippen LogP contribution >= 0.6 is 11.8 Å². The number of thioether (sulfide) groups is 1. The minimum absolute atomic E-state index is 0.340. The first-order valence-corrected chi connectivity index (χ1v) is 10.3. The average Bonchev–Trinajstić information content (AvgIpc) is 2.99. The van der Waals surface area contributed by atoms with E-state index in [4.69, 9.17) is 4.74 Å². The van der Waals surface area contributed by atoms with Gasteiger partial charge in [0, 0.05) is 17.2 Å². The number of carbonyl (C=O) groups is 1. The molecule has 1 aromatic carbocycles. The second kappa shape index (κ2) is 9.11. The number of amides is 1. The van der Waals surface area contributed by atoms with E-state index >= 15 is 0 Å². The molecule has 1 amide bonds. The van der Waals surface area contributed by atoms with Gasteiger partial charge in [-0.25, -0.2) is 4.79 Å². The number of hydrogen-bond acceptors (Lipinski definition) is 5. The van der Waals surface area contributed by atoms with Crippen molar-refractivity contribution in [1.29, 1.82) is 0 Å². The molecule has 3 N–H and O–H groups in total. The fraction of sp³-hybridized carbons (Fsp3) is 0.650. The molecule has 0 heterocycles. The van der Waals surface area contributed by atoms with E-state index in [2.05, 4.69) is 5.32 Å². The summed E-state index contributed by atoms with van der Waals surface area (Å²) in [7, 11) is 0. The lowest BCUT2D eigenvalue weighted by atomic mass is 10.1. The standard InChI is InChI=1S/C20H31NO4S/c1-19(2,3)25-18(23)21-12-9-17(22)15-7-6-8-16(13-15)26-14-20(24)10-4-5-11-20/h6-8,13,17,22,24H,4-5,9-12,14H2,1-3H3,(H,21,23). The van der Waals surface area contributed by atoms with Gasteiger partial charge in [-0.05, 0) is 57.7 Å². The van der Waals surface area contributed by atoms with Gasteiger partial charge in [0.05, 0.1) is 11.7 Å². The summed E-state index contributed by atoms with van der Waals surface area (Å²) in [4.78, 5) is 12.7. The maximum absolute atomic E-state index is 11.6. The summed E-state index contributed by atoms with van der Waals surface area (Å²) in [5.41, 5.74) is -0.256. The van der Waals surface area contributed by atoms with E-state index in [0.717, 1.165) is 36.1 Å². The molecule has 0 spiro atoms. The number of hydrogen-bond donors (Lipinski definition) is 3. The van der Waals surface area contributed by atoms with Crippen molar-refractivity contribution in [2.75, 3.05) is 12.3 Å². The summed E-state index contributed by atoms with van der Waals surface area (Å²) in [6.07, 6.45) is 3.23. The highest BCUT2D eigenvalue weighted by Crippen LogP contribution is 2.35. The molecule has 0 aromatic heterocycles. The normalized spacial score (nSPS) is 17.7. The fourth-order valence-corrected chi connectivity index (χ4v) is 4.12. The van der Waals surface area contributed by atoms with Gasteiger partial charge in [-0.1, -0.05) is 25.0 Å².